The van der Waals surface area contributed by atoms with Crippen LogP contribution in [0.1, 0.15) is 6.92 Å². The second-order valence-corrected chi connectivity index (χ2v) is 4.58. The van der Waals surface area contributed by atoms with Crippen LogP contribution in [0.25, 0.3) is 0 Å². The van der Waals surface area contributed by atoms with Gasteiger partial charge < -0.3 is 14.4 Å². The van der Waals surface area contributed by atoms with Gasteiger partial charge in [-0.15, -0.1) is 10.2 Å². The average Bonchev–Trinajstić information content (AvgIpc) is 2.34. The van der Waals surface area contributed by atoms with Crippen molar-refractivity contribution >= 4 is 28.9 Å². The molecule has 102 valence electrons. The molecule has 0 spiro atoms. The van der Waals surface area contributed by atoms with Gasteiger partial charge in [0, 0.05) is 32.9 Å². The van der Waals surface area contributed by atoms with Crippen LogP contribution in [0.15, 0.2) is 6.07 Å². The molecule has 18 heavy (non-hydrogen) atoms. The average molecular weight is 294 g/mol. The van der Waals surface area contributed by atoms with Gasteiger partial charge in [0.25, 0.3) is 0 Å². The molecule has 0 radical (unpaired) electrons. The maximum Gasteiger partial charge on any atom is 0.175 e. The highest BCUT2D eigenvalue weighted by Gasteiger charge is 2.18. The number of hydrogen-bond donors (Lipinski definition) is 0. The SMILES string of the molecule is COCCN(c1cc(Cl)nnc1Cl)C(C)COC. The summed E-state index contributed by atoms with van der Waals surface area (Å²) in [6.07, 6.45) is 0. The van der Waals surface area contributed by atoms with Crippen molar-refractivity contribution in [2.24, 2.45) is 0 Å². The molecule has 1 rings (SSSR count). The van der Waals surface area contributed by atoms with E-state index in [1.807, 2.05) is 11.8 Å². The zero-order chi connectivity index (χ0) is 13.5. The molecule has 0 aliphatic carbocycles. The lowest BCUT2D eigenvalue weighted by atomic mass is 10.2. The first-order valence-corrected chi connectivity index (χ1v) is 6.29. The van der Waals surface area contributed by atoms with Gasteiger partial charge in [0.05, 0.1) is 18.9 Å². The van der Waals surface area contributed by atoms with Crippen LogP contribution in [0.3, 0.4) is 0 Å². The predicted octanol–water partition coefficient (Wildman–Crippen LogP) is 2.27. The Morgan fingerprint density at radius 2 is 2.00 bits per heavy atom. The van der Waals surface area contributed by atoms with E-state index in [1.165, 1.54) is 0 Å². The van der Waals surface area contributed by atoms with Gasteiger partial charge in [0.1, 0.15) is 0 Å². The molecular formula is C11H17Cl2N3O2. The highest BCUT2D eigenvalue weighted by Crippen LogP contribution is 2.26. The number of halogens is 2. The molecular weight excluding hydrogens is 277 g/mol. The number of ether oxygens (including phenoxy) is 2. The van der Waals surface area contributed by atoms with E-state index < -0.39 is 0 Å². The molecule has 0 aliphatic heterocycles. The molecule has 1 aromatic heterocycles. The van der Waals surface area contributed by atoms with Gasteiger partial charge in [-0.2, -0.15) is 0 Å². The molecule has 0 saturated carbocycles. The van der Waals surface area contributed by atoms with E-state index in [1.54, 1.807) is 20.3 Å². The number of anilines is 1. The fraction of sp³-hybridized carbons (Fsp3) is 0.636. The highest BCUT2D eigenvalue weighted by molar-refractivity contribution is 6.33. The van der Waals surface area contributed by atoms with Gasteiger partial charge in [-0.3, -0.25) is 0 Å². The Morgan fingerprint density at radius 3 is 2.61 bits per heavy atom. The van der Waals surface area contributed by atoms with E-state index in [0.29, 0.717) is 30.1 Å². The Bertz CT molecular complexity index is 379. The van der Waals surface area contributed by atoms with Crippen LogP contribution in [-0.2, 0) is 9.47 Å². The molecule has 1 atom stereocenters. The van der Waals surface area contributed by atoms with Gasteiger partial charge in [-0.1, -0.05) is 23.2 Å². The van der Waals surface area contributed by atoms with Crippen molar-refractivity contribution in [3.63, 3.8) is 0 Å². The van der Waals surface area contributed by atoms with Crippen LogP contribution >= 0.6 is 23.2 Å². The van der Waals surface area contributed by atoms with Crippen molar-refractivity contribution in [3.8, 4) is 0 Å². The monoisotopic (exact) mass is 293 g/mol. The molecule has 1 aromatic rings. The molecule has 0 fully saturated rings. The van der Waals surface area contributed by atoms with Crippen molar-refractivity contribution in [1.82, 2.24) is 10.2 Å². The minimum Gasteiger partial charge on any atom is -0.383 e. The number of methoxy groups -OCH3 is 2. The summed E-state index contributed by atoms with van der Waals surface area (Å²) in [5.74, 6) is 0. The lowest BCUT2D eigenvalue weighted by molar-refractivity contribution is 0.171. The molecule has 1 unspecified atom stereocenters. The fourth-order valence-electron chi connectivity index (χ4n) is 1.64. The van der Waals surface area contributed by atoms with E-state index in [-0.39, 0.29) is 6.04 Å². The van der Waals surface area contributed by atoms with Gasteiger partial charge in [0.15, 0.2) is 10.3 Å². The van der Waals surface area contributed by atoms with Gasteiger partial charge in [-0.25, -0.2) is 0 Å². The number of aromatic nitrogens is 2. The maximum absolute atomic E-state index is 6.06. The summed E-state index contributed by atoms with van der Waals surface area (Å²) >= 11 is 11.9. The predicted molar refractivity (Wildman–Crippen MR) is 72.6 cm³/mol. The summed E-state index contributed by atoms with van der Waals surface area (Å²) in [4.78, 5) is 2.04. The third kappa shape index (κ3) is 4.24. The Labute approximate surface area is 117 Å². The molecule has 1 heterocycles. The standard InChI is InChI=1S/C11H17Cl2N3O2/c1-8(7-18-3)16(4-5-17-2)9-6-10(12)14-15-11(9)13/h6,8H,4-5,7H2,1-3H3. The molecule has 7 heteroatoms. The number of hydrogen-bond acceptors (Lipinski definition) is 5. The van der Waals surface area contributed by atoms with Crippen molar-refractivity contribution in [1.29, 1.82) is 0 Å². The maximum atomic E-state index is 6.06. The van der Waals surface area contributed by atoms with Gasteiger partial charge >= 0.3 is 0 Å². The normalized spacial score (nSPS) is 12.5. The van der Waals surface area contributed by atoms with Crippen LogP contribution < -0.4 is 4.90 Å². The largest absolute Gasteiger partial charge is 0.383 e. The number of nitrogens with zero attached hydrogens (tertiary/aromatic N) is 3. The molecule has 0 aromatic carbocycles. The Kier molecular flexibility index (Phi) is 6.63. The molecule has 0 N–H and O–H groups in total. The molecule has 0 amide bonds. The van der Waals surface area contributed by atoms with Crippen molar-refractivity contribution in [3.05, 3.63) is 16.4 Å². The third-order valence-corrected chi connectivity index (χ3v) is 2.94. The third-order valence-electron chi connectivity index (χ3n) is 2.49. The summed E-state index contributed by atoms with van der Waals surface area (Å²) in [5.41, 5.74) is 0.735. The minimum absolute atomic E-state index is 0.128. The first kappa shape index (κ1) is 15.4. The first-order chi connectivity index (χ1) is 8.60. The zero-order valence-electron chi connectivity index (χ0n) is 10.7. The van der Waals surface area contributed by atoms with E-state index in [2.05, 4.69) is 10.2 Å². The van der Waals surface area contributed by atoms with E-state index >= 15 is 0 Å². The first-order valence-electron chi connectivity index (χ1n) is 5.53. The topological polar surface area (TPSA) is 47.5 Å². The highest BCUT2D eigenvalue weighted by atomic mass is 35.5. The van der Waals surface area contributed by atoms with Crippen LogP contribution in [-0.4, -0.2) is 50.2 Å². The van der Waals surface area contributed by atoms with Crippen LogP contribution in [0.5, 0.6) is 0 Å². The van der Waals surface area contributed by atoms with Crippen molar-refractivity contribution in [2.75, 3.05) is 38.9 Å². The summed E-state index contributed by atoms with van der Waals surface area (Å²) in [5, 5.41) is 8.14. The quantitative estimate of drug-likeness (QED) is 0.772. The second-order valence-electron chi connectivity index (χ2n) is 3.83. The van der Waals surface area contributed by atoms with Crippen molar-refractivity contribution in [2.45, 2.75) is 13.0 Å². The minimum atomic E-state index is 0.128. The van der Waals surface area contributed by atoms with Crippen LogP contribution in [0, 0.1) is 0 Å². The van der Waals surface area contributed by atoms with Gasteiger partial charge in [0.2, 0.25) is 0 Å². The smallest absolute Gasteiger partial charge is 0.175 e. The van der Waals surface area contributed by atoms with E-state index in [9.17, 15) is 0 Å². The van der Waals surface area contributed by atoms with Crippen LogP contribution in [0.4, 0.5) is 5.69 Å². The van der Waals surface area contributed by atoms with Gasteiger partial charge in [-0.05, 0) is 6.92 Å². The number of rotatable bonds is 7. The lowest BCUT2D eigenvalue weighted by Gasteiger charge is -2.30. The summed E-state index contributed by atoms with van der Waals surface area (Å²) < 4.78 is 10.3. The van der Waals surface area contributed by atoms with Crippen LogP contribution in [0.2, 0.25) is 10.3 Å². The molecule has 0 saturated heterocycles. The summed E-state index contributed by atoms with van der Waals surface area (Å²) in [6, 6.07) is 1.82. The second kappa shape index (κ2) is 7.74. The molecule has 5 nitrogen and oxygen atoms in total. The Balaban J connectivity index is 2.96. The van der Waals surface area contributed by atoms with E-state index in [0.717, 1.165) is 5.69 Å². The van der Waals surface area contributed by atoms with E-state index in [4.69, 9.17) is 32.7 Å². The Morgan fingerprint density at radius 1 is 1.28 bits per heavy atom. The summed E-state index contributed by atoms with van der Waals surface area (Å²) in [7, 11) is 3.31. The Hall–Kier alpha value is -0.620. The van der Waals surface area contributed by atoms with Crippen molar-refractivity contribution < 1.29 is 9.47 Å². The molecule has 0 bridgehead atoms. The summed E-state index contributed by atoms with van der Waals surface area (Å²) in [6.45, 7) is 3.84. The molecule has 0 aliphatic rings. The lowest BCUT2D eigenvalue weighted by Crippen LogP contribution is -2.39. The fourth-order valence-corrected chi connectivity index (χ4v) is 1.99. The zero-order valence-corrected chi connectivity index (χ0v) is 12.2.